The van der Waals surface area contributed by atoms with Crippen molar-refractivity contribution in [2.75, 3.05) is 31.6 Å². The lowest BCUT2D eigenvalue weighted by Gasteiger charge is -2.59. The Hall–Kier alpha value is -6.18. The van der Waals surface area contributed by atoms with Crippen LogP contribution in [0.15, 0.2) is 47.2 Å². The van der Waals surface area contributed by atoms with Crippen molar-refractivity contribution in [3.63, 3.8) is 0 Å². The van der Waals surface area contributed by atoms with Crippen LogP contribution in [-0.4, -0.2) is 91.3 Å². The Labute approximate surface area is 334 Å². The Morgan fingerprint density at radius 1 is 1.07 bits per heavy atom. The molecule has 2 fully saturated rings. The number of rotatable bonds is 13. The summed E-state index contributed by atoms with van der Waals surface area (Å²) in [7, 11) is 1.45. The van der Waals surface area contributed by atoms with E-state index >= 15 is 8.78 Å². The molecule has 0 atom stereocenters. The van der Waals surface area contributed by atoms with Gasteiger partial charge in [-0.25, -0.2) is 28.5 Å². The van der Waals surface area contributed by atoms with Crippen LogP contribution in [0.2, 0.25) is 0 Å². The number of nitrogens with zero attached hydrogens (tertiary/aromatic N) is 8. The van der Waals surface area contributed by atoms with Crippen LogP contribution in [0.1, 0.15) is 78.1 Å². The van der Waals surface area contributed by atoms with Crippen molar-refractivity contribution in [1.82, 2.24) is 50.8 Å². The smallest absolute Gasteiger partial charge is 0.350 e. The maximum atomic E-state index is 15.5. The molecule has 20 heteroatoms. The van der Waals surface area contributed by atoms with Crippen molar-refractivity contribution in [3.05, 3.63) is 88.6 Å². The molecule has 4 aromatic heterocycles. The van der Waals surface area contributed by atoms with Gasteiger partial charge in [-0.2, -0.15) is 18.3 Å². The van der Waals surface area contributed by atoms with Crippen molar-refractivity contribution >= 4 is 23.9 Å². The van der Waals surface area contributed by atoms with E-state index in [0.29, 0.717) is 29.7 Å². The molecule has 3 amide bonds. The van der Waals surface area contributed by atoms with Gasteiger partial charge in [0, 0.05) is 63.7 Å². The summed E-state index contributed by atoms with van der Waals surface area (Å²) >= 11 is 0. The third kappa shape index (κ3) is 8.26. The number of halogens is 5. The van der Waals surface area contributed by atoms with Gasteiger partial charge in [0.15, 0.2) is 17.3 Å². The quantitative estimate of drug-likeness (QED) is 0.0965. The molecular formula is C39H40F5N11O4. The van der Waals surface area contributed by atoms with Gasteiger partial charge >= 0.3 is 12.2 Å². The highest BCUT2D eigenvalue weighted by Crippen LogP contribution is 2.56. The molecule has 1 aliphatic carbocycles. The number of aromatic amines is 1. The molecule has 0 unspecified atom stereocenters. The molecule has 5 heterocycles. The van der Waals surface area contributed by atoms with Crippen molar-refractivity contribution in [2.45, 2.75) is 70.6 Å². The Balaban J connectivity index is 0.910. The van der Waals surface area contributed by atoms with Crippen molar-refractivity contribution in [2.24, 2.45) is 5.41 Å². The second kappa shape index (κ2) is 15.9. The molecule has 0 bridgehead atoms. The average molecular weight is 822 g/mol. The van der Waals surface area contributed by atoms with E-state index in [1.54, 1.807) is 19.2 Å². The SMILES string of the molecule is CNC(=O)N(CCC=O)c1ccc(C2CC3(C2)CN(Cc2cnc(-c4cnc(-c5cc(C(=O)NCc6nc(C(C)(C)C(F)(F)F)n[nH]6)on5)nc4C)c(F)c2)C3)cc1F. The summed E-state index contributed by atoms with van der Waals surface area (Å²) in [5.41, 5.74) is 0.430. The molecule has 1 saturated heterocycles. The van der Waals surface area contributed by atoms with Crippen LogP contribution in [-0.2, 0) is 23.3 Å². The lowest BCUT2D eigenvalue weighted by molar-refractivity contribution is -0.182. The first-order valence-corrected chi connectivity index (χ1v) is 18.7. The van der Waals surface area contributed by atoms with Crippen molar-refractivity contribution in [1.29, 1.82) is 0 Å². The lowest BCUT2D eigenvalue weighted by atomic mass is 9.56. The number of aromatic nitrogens is 7. The van der Waals surface area contributed by atoms with Crippen LogP contribution in [0, 0.1) is 24.0 Å². The van der Waals surface area contributed by atoms with Gasteiger partial charge in [-0.15, -0.1) is 0 Å². The molecule has 15 nitrogen and oxygen atoms in total. The van der Waals surface area contributed by atoms with E-state index in [9.17, 15) is 27.6 Å². The number of urea groups is 1. The van der Waals surface area contributed by atoms with E-state index in [1.807, 2.05) is 6.07 Å². The highest BCUT2D eigenvalue weighted by Gasteiger charge is 2.53. The Bertz CT molecular complexity index is 2380. The molecule has 2 aliphatic rings. The summed E-state index contributed by atoms with van der Waals surface area (Å²) in [5, 5.41) is 14.8. The minimum absolute atomic E-state index is 0.00751. The van der Waals surface area contributed by atoms with Crippen LogP contribution in [0.25, 0.3) is 22.8 Å². The molecule has 59 heavy (non-hydrogen) atoms. The molecule has 7 rings (SSSR count). The van der Waals surface area contributed by atoms with E-state index in [4.69, 9.17) is 4.52 Å². The first kappa shape index (κ1) is 41.0. The van der Waals surface area contributed by atoms with Gasteiger partial charge in [0.25, 0.3) is 5.91 Å². The number of nitrogens with one attached hydrogen (secondary N) is 3. The van der Waals surface area contributed by atoms with E-state index < -0.39 is 41.0 Å². The van der Waals surface area contributed by atoms with Gasteiger partial charge in [0.1, 0.15) is 34.9 Å². The topological polar surface area (TPSA) is 188 Å². The maximum absolute atomic E-state index is 15.5. The number of likely N-dealkylation sites (tertiary alicyclic amines) is 1. The number of aryl methyl sites for hydroxylation is 1. The van der Waals surface area contributed by atoms with Crippen molar-refractivity contribution < 1.29 is 40.9 Å². The van der Waals surface area contributed by atoms with E-state index in [1.165, 1.54) is 36.3 Å². The minimum atomic E-state index is -4.58. The monoisotopic (exact) mass is 821 g/mol. The van der Waals surface area contributed by atoms with Crippen LogP contribution in [0.4, 0.5) is 32.4 Å². The zero-order valence-corrected chi connectivity index (χ0v) is 32.5. The fraction of sp³-hybridized carbons (Fsp3) is 0.410. The minimum Gasteiger partial charge on any atom is -0.350 e. The molecule has 1 aromatic carbocycles. The highest BCUT2D eigenvalue weighted by molar-refractivity contribution is 5.92. The molecule has 1 saturated carbocycles. The van der Waals surface area contributed by atoms with Gasteiger partial charge in [0.05, 0.1) is 17.9 Å². The number of carbonyl (C=O) groups excluding carboxylic acids is 3. The van der Waals surface area contributed by atoms with Gasteiger partial charge in [-0.3, -0.25) is 24.7 Å². The number of alkyl halides is 3. The standard InChI is InChI=1S/C39H40F5N11O4/c1-21-25(16-47-33(49-21)28-12-30(59-53-28)34(57)48-17-31-50-35(52-51-31)37(2,3)39(42,43)44)32-27(41)10-22(15-46-32)18-54-19-38(20-54)13-24(14-38)23-6-7-29(26(40)11-23)55(8-5-9-56)36(58)45-4/h6-7,9-12,15-16,24H,5,8,13-14,17-20H2,1-4H3,(H,45,58)(H,48,57)(H,50,51,52). The number of carbonyl (C=O) groups is 3. The van der Waals surface area contributed by atoms with Crippen LogP contribution in [0.5, 0.6) is 0 Å². The van der Waals surface area contributed by atoms with Gasteiger partial charge in [-0.1, -0.05) is 11.2 Å². The summed E-state index contributed by atoms with van der Waals surface area (Å²) in [5.74, 6) is -2.17. The summed E-state index contributed by atoms with van der Waals surface area (Å²) in [6.45, 7) is 5.50. The van der Waals surface area contributed by atoms with Gasteiger partial charge in [-0.05, 0) is 74.3 Å². The predicted octanol–water partition coefficient (Wildman–Crippen LogP) is 5.78. The molecule has 1 spiro atoms. The predicted molar refractivity (Wildman–Crippen MR) is 201 cm³/mol. The summed E-state index contributed by atoms with van der Waals surface area (Å²) in [6.07, 6.45) is 0.981. The number of amides is 3. The van der Waals surface area contributed by atoms with E-state index in [0.717, 1.165) is 45.3 Å². The van der Waals surface area contributed by atoms with E-state index in [2.05, 4.69) is 50.8 Å². The zero-order chi connectivity index (χ0) is 42.3. The number of anilines is 1. The average Bonchev–Trinajstić information content (AvgIpc) is 3.86. The number of hydrogen-bond acceptors (Lipinski definition) is 11. The normalized spacial score (nSPS) is 15.4. The number of H-pyrrole nitrogens is 1. The van der Waals surface area contributed by atoms with Crippen molar-refractivity contribution in [3.8, 4) is 22.8 Å². The van der Waals surface area contributed by atoms with Gasteiger partial charge in [0.2, 0.25) is 5.76 Å². The molecule has 0 radical (unpaired) electrons. The van der Waals surface area contributed by atoms with Crippen LogP contribution >= 0.6 is 0 Å². The number of aldehydes is 1. The third-order valence-electron chi connectivity index (χ3n) is 10.9. The largest absolute Gasteiger partial charge is 0.401 e. The fourth-order valence-corrected chi connectivity index (χ4v) is 7.50. The molecule has 5 aromatic rings. The fourth-order valence-electron chi connectivity index (χ4n) is 7.50. The lowest BCUT2D eigenvalue weighted by Crippen LogP contribution is -2.61. The highest BCUT2D eigenvalue weighted by atomic mass is 19.4. The Kier molecular flexibility index (Phi) is 11.0. The number of benzene rings is 1. The summed E-state index contributed by atoms with van der Waals surface area (Å²) < 4.78 is 75.7. The summed E-state index contributed by atoms with van der Waals surface area (Å²) in [4.78, 5) is 56.2. The van der Waals surface area contributed by atoms with Gasteiger partial charge < -0.3 is 20.0 Å². The maximum Gasteiger partial charge on any atom is 0.401 e. The molecular weight excluding hydrogens is 781 g/mol. The second-order valence-electron chi connectivity index (χ2n) is 15.5. The molecule has 1 aliphatic heterocycles. The van der Waals surface area contributed by atoms with Crippen LogP contribution < -0.4 is 15.5 Å². The first-order chi connectivity index (χ1) is 28.0. The zero-order valence-electron chi connectivity index (χ0n) is 32.5. The molecule has 310 valence electrons. The first-order valence-electron chi connectivity index (χ1n) is 18.7. The third-order valence-corrected chi connectivity index (χ3v) is 10.9. The van der Waals surface area contributed by atoms with Crippen LogP contribution in [0.3, 0.4) is 0 Å². The Morgan fingerprint density at radius 3 is 2.49 bits per heavy atom. The number of pyridine rings is 1. The van der Waals surface area contributed by atoms with E-state index in [-0.39, 0.29) is 65.3 Å². The Morgan fingerprint density at radius 2 is 1.83 bits per heavy atom. The second-order valence-corrected chi connectivity index (χ2v) is 15.5. The molecule has 3 N–H and O–H groups in total. The number of hydrogen-bond donors (Lipinski definition) is 3. The summed E-state index contributed by atoms with van der Waals surface area (Å²) in [6, 6.07) is 7.13.